The van der Waals surface area contributed by atoms with Gasteiger partial charge >= 0.3 is 0 Å². The molecule has 1 rings (SSSR count). The first-order valence-corrected chi connectivity index (χ1v) is 7.43. The van der Waals surface area contributed by atoms with Crippen molar-refractivity contribution in [2.45, 2.75) is 44.4 Å². The summed E-state index contributed by atoms with van der Waals surface area (Å²) in [5, 5.41) is 3.34. The Hall–Kier alpha value is -0.130. The SMILES string of the molecule is COC1CCC(NC(C)CS(C)(=O)=O)C1. The molecule has 0 spiro atoms. The topological polar surface area (TPSA) is 55.4 Å². The van der Waals surface area contributed by atoms with Crippen molar-refractivity contribution in [2.24, 2.45) is 0 Å². The lowest BCUT2D eigenvalue weighted by atomic mass is 10.2. The third kappa shape index (κ3) is 4.95. The lowest BCUT2D eigenvalue weighted by Gasteiger charge is -2.18. The minimum atomic E-state index is -2.88. The van der Waals surface area contributed by atoms with Gasteiger partial charge in [-0.2, -0.15) is 0 Å². The molecule has 3 unspecified atom stereocenters. The van der Waals surface area contributed by atoms with Crippen molar-refractivity contribution in [3.63, 3.8) is 0 Å². The Morgan fingerprint density at radius 2 is 2.13 bits per heavy atom. The zero-order chi connectivity index (χ0) is 11.5. The quantitative estimate of drug-likeness (QED) is 0.757. The first-order valence-electron chi connectivity index (χ1n) is 5.37. The van der Waals surface area contributed by atoms with E-state index in [0.717, 1.165) is 19.3 Å². The maximum atomic E-state index is 11.1. The van der Waals surface area contributed by atoms with Crippen molar-refractivity contribution >= 4 is 9.84 Å². The maximum absolute atomic E-state index is 11.1. The van der Waals surface area contributed by atoms with Crippen LogP contribution in [0, 0.1) is 0 Å². The molecule has 1 N–H and O–H groups in total. The molecule has 4 nitrogen and oxygen atoms in total. The summed E-state index contributed by atoms with van der Waals surface area (Å²) in [6, 6.07) is 0.437. The van der Waals surface area contributed by atoms with E-state index in [1.165, 1.54) is 6.26 Å². The summed E-state index contributed by atoms with van der Waals surface area (Å²) < 4.78 is 27.4. The highest BCUT2D eigenvalue weighted by Crippen LogP contribution is 2.21. The number of sulfone groups is 1. The molecule has 0 radical (unpaired) electrons. The molecule has 15 heavy (non-hydrogen) atoms. The molecule has 1 saturated carbocycles. The molecule has 0 amide bonds. The maximum Gasteiger partial charge on any atom is 0.148 e. The van der Waals surface area contributed by atoms with E-state index in [2.05, 4.69) is 5.32 Å². The average Bonchev–Trinajstić information content (AvgIpc) is 2.48. The lowest BCUT2D eigenvalue weighted by Crippen LogP contribution is -2.39. The highest BCUT2D eigenvalue weighted by Gasteiger charge is 2.25. The monoisotopic (exact) mass is 235 g/mol. The third-order valence-corrected chi connectivity index (χ3v) is 3.90. The molecular weight excluding hydrogens is 214 g/mol. The number of hydrogen-bond donors (Lipinski definition) is 1. The molecule has 0 bridgehead atoms. The van der Waals surface area contributed by atoms with E-state index < -0.39 is 9.84 Å². The number of ether oxygens (including phenoxy) is 1. The Labute approximate surface area is 92.3 Å². The summed E-state index contributed by atoms with van der Waals surface area (Å²) in [6.45, 7) is 1.92. The number of rotatable bonds is 5. The molecule has 0 aromatic heterocycles. The number of nitrogens with one attached hydrogen (secondary N) is 1. The van der Waals surface area contributed by atoms with Gasteiger partial charge in [0.2, 0.25) is 0 Å². The van der Waals surface area contributed by atoms with Crippen LogP contribution in [-0.4, -0.2) is 45.7 Å². The van der Waals surface area contributed by atoms with Gasteiger partial charge in [-0.15, -0.1) is 0 Å². The molecule has 3 atom stereocenters. The summed E-state index contributed by atoms with van der Waals surface area (Å²) >= 11 is 0. The Kier molecular flexibility index (Phi) is 4.55. The van der Waals surface area contributed by atoms with Crippen LogP contribution in [0.15, 0.2) is 0 Å². The van der Waals surface area contributed by atoms with Gasteiger partial charge in [0.1, 0.15) is 9.84 Å². The van der Waals surface area contributed by atoms with Crippen LogP contribution in [0.25, 0.3) is 0 Å². The molecular formula is C10H21NO3S. The fourth-order valence-corrected chi connectivity index (χ4v) is 3.21. The van der Waals surface area contributed by atoms with E-state index in [1.807, 2.05) is 6.92 Å². The van der Waals surface area contributed by atoms with Gasteiger partial charge in [0.15, 0.2) is 0 Å². The van der Waals surface area contributed by atoms with Gasteiger partial charge in [-0.1, -0.05) is 0 Å². The van der Waals surface area contributed by atoms with Crippen molar-refractivity contribution in [3.8, 4) is 0 Å². The van der Waals surface area contributed by atoms with Gasteiger partial charge in [0.05, 0.1) is 11.9 Å². The van der Waals surface area contributed by atoms with Crippen LogP contribution < -0.4 is 5.32 Å². The fourth-order valence-electron chi connectivity index (χ4n) is 2.21. The molecule has 1 fully saturated rings. The Balaban J connectivity index is 2.30. The van der Waals surface area contributed by atoms with Crippen molar-refractivity contribution in [2.75, 3.05) is 19.1 Å². The van der Waals surface area contributed by atoms with Gasteiger partial charge in [0, 0.05) is 25.4 Å². The van der Waals surface area contributed by atoms with Crippen molar-refractivity contribution in [1.82, 2.24) is 5.32 Å². The predicted molar refractivity (Wildman–Crippen MR) is 60.7 cm³/mol. The zero-order valence-electron chi connectivity index (χ0n) is 9.69. The number of methoxy groups -OCH3 is 1. The molecule has 0 aliphatic heterocycles. The highest BCUT2D eigenvalue weighted by molar-refractivity contribution is 7.90. The summed E-state index contributed by atoms with van der Waals surface area (Å²) in [6.07, 6.45) is 4.75. The second-order valence-electron chi connectivity index (χ2n) is 4.53. The minimum absolute atomic E-state index is 0.0283. The first kappa shape index (κ1) is 12.9. The largest absolute Gasteiger partial charge is 0.381 e. The summed E-state index contributed by atoms with van der Waals surface area (Å²) in [5.74, 6) is 0.209. The predicted octanol–water partition coefficient (Wildman–Crippen LogP) is 0.577. The summed E-state index contributed by atoms with van der Waals surface area (Å²) in [7, 11) is -1.15. The van der Waals surface area contributed by atoms with Crippen molar-refractivity contribution in [3.05, 3.63) is 0 Å². The average molecular weight is 235 g/mol. The van der Waals surface area contributed by atoms with E-state index in [4.69, 9.17) is 4.74 Å². The Morgan fingerprint density at radius 1 is 1.47 bits per heavy atom. The van der Waals surface area contributed by atoms with Crippen LogP contribution in [0.1, 0.15) is 26.2 Å². The van der Waals surface area contributed by atoms with Gasteiger partial charge in [-0.3, -0.25) is 0 Å². The van der Waals surface area contributed by atoms with Crippen LogP contribution >= 0.6 is 0 Å². The molecule has 0 heterocycles. The van der Waals surface area contributed by atoms with E-state index in [1.54, 1.807) is 7.11 Å². The van der Waals surface area contributed by atoms with E-state index >= 15 is 0 Å². The number of hydrogen-bond acceptors (Lipinski definition) is 4. The third-order valence-electron chi connectivity index (χ3n) is 2.79. The molecule has 5 heteroatoms. The molecule has 1 aliphatic rings. The van der Waals surface area contributed by atoms with Gasteiger partial charge in [0.25, 0.3) is 0 Å². The van der Waals surface area contributed by atoms with Crippen LogP contribution in [0.3, 0.4) is 0 Å². The van der Waals surface area contributed by atoms with Crippen LogP contribution in [-0.2, 0) is 14.6 Å². The summed E-state index contributed by atoms with van der Waals surface area (Å²) in [4.78, 5) is 0. The van der Waals surface area contributed by atoms with Crippen molar-refractivity contribution in [1.29, 1.82) is 0 Å². The van der Waals surface area contributed by atoms with Gasteiger partial charge in [-0.05, 0) is 26.2 Å². The highest BCUT2D eigenvalue weighted by atomic mass is 32.2. The first-order chi connectivity index (χ1) is 6.90. The smallest absolute Gasteiger partial charge is 0.148 e. The summed E-state index contributed by atoms with van der Waals surface area (Å²) in [5.41, 5.74) is 0. The van der Waals surface area contributed by atoms with Crippen molar-refractivity contribution < 1.29 is 13.2 Å². The molecule has 1 aliphatic carbocycles. The van der Waals surface area contributed by atoms with Gasteiger partial charge in [-0.25, -0.2) is 8.42 Å². The van der Waals surface area contributed by atoms with Crippen LogP contribution in [0.4, 0.5) is 0 Å². The Bertz CT molecular complexity index is 289. The van der Waals surface area contributed by atoms with E-state index in [0.29, 0.717) is 12.1 Å². The fraction of sp³-hybridized carbons (Fsp3) is 1.00. The minimum Gasteiger partial charge on any atom is -0.381 e. The lowest BCUT2D eigenvalue weighted by molar-refractivity contribution is 0.106. The van der Waals surface area contributed by atoms with E-state index in [-0.39, 0.29) is 11.8 Å². The standard InChI is InChI=1S/C10H21NO3S/c1-8(7-15(3,12)13)11-9-4-5-10(6-9)14-2/h8-11H,4-7H2,1-3H3. The molecule has 0 aromatic rings. The van der Waals surface area contributed by atoms with Crippen LogP contribution in [0.2, 0.25) is 0 Å². The normalized spacial score (nSPS) is 29.3. The second-order valence-corrected chi connectivity index (χ2v) is 6.71. The molecule has 0 saturated heterocycles. The molecule has 90 valence electrons. The Morgan fingerprint density at radius 3 is 2.60 bits per heavy atom. The van der Waals surface area contributed by atoms with Crippen LogP contribution in [0.5, 0.6) is 0 Å². The second kappa shape index (κ2) is 5.27. The van der Waals surface area contributed by atoms with Gasteiger partial charge < -0.3 is 10.1 Å². The van der Waals surface area contributed by atoms with E-state index in [9.17, 15) is 8.42 Å². The zero-order valence-corrected chi connectivity index (χ0v) is 10.5. The molecule has 0 aromatic carbocycles.